The van der Waals surface area contributed by atoms with E-state index < -0.39 is 0 Å². The second-order valence-electron chi connectivity index (χ2n) is 4.45. The van der Waals surface area contributed by atoms with Crippen molar-refractivity contribution in [2.75, 3.05) is 7.05 Å². The quantitative estimate of drug-likeness (QED) is 0.892. The molecule has 0 saturated heterocycles. The Morgan fingerprint density at radius 3 is 3.12 bits per heavy atom. The van der Waals surface area contributed by atoms with Gasteiger partial charge in [-0.15, -0.1) is 11.8 Å². The van der Waals surface area contributed by atoms with Crippen LogP contribution in [0.5, 0.6) is 0 Å². The van der Waals surface area contributed by atoms with Gasteiger partial charge >= 0.3 is 0 Å². The van der Waals surface area contributed by atoms with Gasteiger partial charge in [0.1, 0.15) is 5.54 Å². The number of rotatable bonds is 3. The maximum atomic E-state index is 9.29. The van der Waals surface area contributed by atoms with Gasteiger partial charge in [0, 0.05) is 11.4 Å². The van der Waals surface area contributed by atoms with Gasteiger partial charge in [-0.05, 0) is 44.9 Å². The van der Waals surface area contributed by atoms with E-state index in [1.54, 1.807) is 11.8 Å². The molecule has 0 radical (unpaired) electrons. The summed E-state index contributed by atoms with van der Waals surface area (Å²) < 4.78 is 0. The molecule has 2 unspecified atom stereocenters. The van der Waals surface area contributed by atoms with Crippen LogP contribution >= 0.6 is 11.8 Å². The fourth-order valence-electron chi connectivity index (χ4n) is 2.30. The number of pyridine rings is 1. The predicted molar refractivity (Wildman–Crippen MR) is 69.8 cm³/mol. The zero-order valence-corrected chi connectivity index (χ0v) is 10.8. The van der Waals surface area contributed by atoms with E-state index in [0.29, 0.717) is 5.25 Å². The van der Waals surface area contributed by atoms with Crippen LogP contribution in [0.4, 0.5) is 0 Å². The molecule has 4 heteroatoms. The summed E-state index contributed by atoms with van der Waals surface area (Å²) in [5.74, 6) is 0. The Balaban J connectivity index is 2.01. The van der Waals surface area contributed by atoms with Crippen LogP contribution in [0.25, 0.3) is 0 Å². The molecule has 0 aromatic carbocycles. The van der Waals surface area contributed by atoms with Crippen LogP contribution in [0.3, 0.4) is 0 Å². The highest BCUT2D eigenvalue weighted by atomic mass is 32.2. The van der Waals surface area contributed by atoms with Crippen molar-refractivity contribution in [3.05, 3.63) is 24.4 Å². The molecule has 1 N–H and O–H groups in total. The van der Waals surface area contributed by atoms with Crippen LogP contribution in [-0.4, -0.2) is 22.8 Å². The SMILES string of the molecule is CNC1(C#N)CCCC(Sc2ccccn2)C1. The molecule has 0 amide bonds. The maximum Gasteiger partial charge on any atom is 0.107 e. The summed E-state index contributed by atoms with van der Waals surface area (Å²) in [4.78, 5) is 4.33. The zero-order chi connectivity index (χ0) is 12.1. The summed E-state index contributed by atoms with van der Waals surface area (Å²) in [5.41, 5.74) is -0.329. The Hall–Kier alpha value is -1.05. The lowest BCUT2D eigenvalue weighted by atomic mass is 9.83. The van der Waals surface area contributed by atoms with Crippen molar-refractivity contribution in [2.45, 2.75) is 41.5 Å². The average molecular weight is 247 g/mol. The molecule has 0 spiro atoms. The molecular weight excluding hydrogens is 230 g/mol. The van der Waals surface area contributed by atoms with E-state index in [9.17, 15) is 5.26 Å². The zero-order valence-electron chi connectivity index (χ0n) is 10.0. The van der Waals surface area contributed by atoms with Crippen molar-refractivity contribution in [3.8, 4) is 6.07 Å². The topological polar surface area (TPSA) is 48.7 Å². The highest BCUT2D eigenvalue weighted by molar-refractivity contribution is 7.99. The van der Waals surface area contributed by atoms with Gasteiger partial charge in [-0.25, -0.2) is 4.98 Å². The summed E-state index contributed by atoms with van der Waals surface area (Å²) in [6.45, 7) is 0. The van der Waals surface area contributed by atoms with E-state index in [0.717, 1.165) is 24.3 Å². The predicted octanol–water partition coefficient (Wildman–Crippen LogP) is 2.60. The second-order valence-corrected chi connectivity index (χ2v) is 5.77. The second kappa shape index (κ2) is 5.52. The third-order valence-electron chi connectivity index (χ3n) is 3.32. The van der Waals surface area contributed by atoms with Gasteiger partial charge in [0.15, 0.2) is 0 Å². The van der Waals surface area contributed by atoms with Gasteiger partial charge in [-0.1, -0.05) is 6.07 Å². The van der Waals surface area contributed by atoms with Crippen LogP contribution < -0.4 is 5.32 Å². The molecule has 0 bridgehead atoms. The minimum absolute atomic E-state index is 0.329. The summed E-state index contributed by atoms with van der Waals surface area (Å²) in [7, 11) is 1.89. The van der Waals surface area contributed by atoms with E-state index in [1.165, 1.54) is 6.42 Å². The lowest BCUT2D eigenvalue weighted by molar-refractivity contribution is 0.323. The molecule has 2 atom stereocenters. The molecule has 2 rings (SSSR count). The fraction of sp³-hybridized carbons (Fsp3) is 0.538. The largest absolute Gasteiger partial charge is 0.302 e. The summed E-state index contributed by atoms with van der Waals surface area (Å²) in [6, 6.07) is 8.41. The maximum absolute atomic E-state index is 9.29. The summed E-state index contributed by atoms with van der Waals surface area (Å²) in [6.07, 6.45) is 5.96. The molecular formula is C13H17N3S. The number of nitrogens with one attached hydrogen (secondary N) is 1. The van der Waals surface area contributed by atoms with E-state index in [-0.39, 0.29) is 5.54 Å². The molecule has 90 valence electrons. The highest BCUT2D eigenvalue weighted by Crippen LogP contribution is 2.37. The van der Waals surface area contributed by atoms with Crippen molar-refractivity contribution in [3.63, 3.8) is 0 Å². The van der Waals surface area contributed by atoms with Gasteiger partial charge < -0.3 is 5.32 Å². The number of thioether (sulfide) groups is 1. The molecule has 1 aliphatic rings. The molecule has 3 nitrogen and oxygen atoms in total. The van der Waals surface area contributed by atoms with Gasteiger partial charge in [-0.3, -0.25) is 0 Å². The monoisotopic (exact) mass is 247 g/mol. The molecule has 1 aromatic rings. The van der Waals surface area contributed by atoms with Crippen LogP contribution in [0.15, 0.2) is 29.4 Å². The first-order chi connectivity index (χ1) is 8.28. The Labute approximate surface area is 107 Å². The van der Waals surface area contributed by atoms with E-state index in [1.807, 2.05) is 31.4 Å². The smallest absolute Gasteiger partial charge is 0.107 e. The van der Waals surface area contributed by atoms with Crippen molar-refractivity contribution in [1.29, 1.82) is 5.26 Å². The molecule has 1 aromatic heterocycles. The minimum Gasteiger partial charge on any atom is -0.302 e. The number of nitrogens with zero attached hydrogens (tertiary/aromatic N) is 2. The molecule has 1 aliphatic carbocycles. The first kappa shape index (κ1) is 12.4. The van der Waals surface area contributed by atoms with Crippen LogP contribution in [0.2, 0.25) is 0 Å². The van der Waals surface area contributed by atoms with Crippen LogP contribution in [-0.2, 0) is 0 Å². The lowest BCUT2D eigenvalue weighted by Gasteiger charge is -2.34. The Morgan fingerprint density at radius 2 is 2.47 bits per heavy atom. The molecule has 17 heavy (non-hydrogen) atoms. The van der Waals surface area contributed by atoms with Gasteiger partial charge in [0.05, 0.1) is 11.1 Å². The Morgan fingerprint density at radius 1 is 1.59 bits per heavy atom. The Kier molecular flexibility index (Phi) is 4.03. The van der Waals surface area contributed by atoms with E-state index >= 15 is 0 Å². The molecule has 1 heterocycles. The normalized spacial score (nSPS) is 28.6. The number of nitriles is 1. The summed E-state index contributed by atoms with van der Waals surface area (Å²) in [5, 5.41) is 14.0. The van der Waals surface area contributed by atoms with Crippen molar-refractivity contribution in [1.82, 2.24) is 10.3 Å². The first-order valence-electron chi connectivity index (χ1n) is 5.96. The minimum atomic E-state index is -0.329. The van der Waals surface area contributed by atoms with Crippen molar-refractivity contribution in [2.24, 2.45) is 0 Å². The lowest BCUT2D eigenvalue weighted by Crippen LogP contribution is -2.46. The van der Waals surface area contributed by atoms with Crippen LogP contribution in [0.1, 0.15) is 25.7 Å². The van der Waals surface area contributed by atoms with Crippen molar-refractivity contribution < 1.29 is 0 Å². The number of hydrogen-bond donors (Lipinski definition) is 1. The van der Waals surface area contributed by atoms with Gasteiger partial charge in [0.2, 0.25) is 0 Å². The molecule has 0 aliphatic heterocycles. The average Bonchev–Trinajstić information content (AvgIpc) is 2.40. The third kappa shape index (κ3) is 2.99. The number of aromatic nitrogens is 1. The van der Waals surface area contributed by atoms with Crippen LogP contribution in [0, 0.1) is 11.3 Å². The van der Waals surface area contributed by atoms with E-state index in [4.69, 9.17) is 0 Å². The summed E-state index contributed by atoms with van der Waals surface area (Å²) >= 11 is 1.80. The highest BCUT2D eigenvalue weighted by Gasteiger charge is 2.35. The van der Waals surface area contributed by atoms with Crippen molar-refractivity contribution >= 4 is 11.8 Å². The molecule has 1 fully saturated rings. The molecule has 1 saturated carbocycles. The third-order valence-corrected chi connectivity index (χ3v) is 4.54. The first-order valence-corrected chi connectivity index (χ1v) is 6.84. The number of hydrogen-bond acceptors (Lipinski definition) is 4. The van der Waals surface area contributed by atoms with Gasteiger partial charge in [-0.2, -0.15) is 5.26 Å². The van der Waals surface area contributed by atoms with E-state index in [2.05, 4.69) is 16.4 Å². The fourth-order valence-corrected chi connectivity index (χ4v) is 3.57. The standard InChI is InChI=1S/C13H17N3S/c1-15-13(10-14)7-4-5-11(9-13)17-12-6-2-3-8-16-12/h2-3,6,8,11,15H,4-5,7,9H2,1H3. The van der Waals surface area contributed by atoms with Gasteiger partial charge in [0.25, 0.3) is 0 Å². The Bertz CT molecular complexity index is 401.